The summed E-state index contributed by atoms with van der Waals surface area (Å²) in [6, 6.07) is -4.09. The number of hydrogen-bond acceptors (Lipinski definition) is 8. The average molecular weight is 500 g/mol. The highest BCUT2D eigenvalue weighted by atomic mass is 32.1. The Morgan fingerprint density at radius 2 is 1.76 bits per heavy atom. The topological polar surface area (TPSA) is 205 Å². The Hall–Kier alpha value is -2.64. The van der Waals surface area contributed by atoms with E-state index < -0.39 is 47.9 Å². The van der Waals surface area contributed by atoms with Gasteiger partial charge in [-0.05, 0) is 25.3 Å². The predicted octanol–water partition coefficient (Wildman–Crippen LogP) is -1.08. The first-order valence-electron chi connectivity index (χ1n) is 11.3. The van der Waals surface area contributed by atoms with Gasteiger partial charge in [0.25, 0.3) is 0 Å². The Kier molecular flexibility index (Phi) is 13.2. The number of carboxylic acids is 1. The van der Waals surface area contributed by atoms with Gasteiger partial charge in [-0.25, -0.2) is 9.78 Å². The first-order chi connectivity index (χ1) is 16.1. The smallest absolute Gasteiger partial charge is 0.326 e. The number of nitrogens with zero attached hydrogens (tertiary/aromatic N) is 1. The fraction of sp³-hybridized carbons (Fsp3) is 0.667. The van der Waals surface area contributed by atoms with Crippen molar-refractivity contribution in [2.24, 2.45) is 17.4 Å². The minimum Gasteiger partial charge on any atom is -0.480 e. The van der Waals surface area contributed by atoms with Gasteiger partial charge in [-0.2, -0.15) is 12.6 Å². The Bertz CT molecular complexity index is 792. The van der Waals surface area contributed by atoms with Gasteiger partial charge in [-0.1, -0.05) is 26.7 Å². The predicted molar refractivity (Wildman–Crippen MR) is 130 cm³/mol. The summed E-state index contributed by atoms with van der Waals surface area (Å²) in [5.74, 6) is -3.35. The Balaban J connectivity index is 2.91. The van der Waals surface area contributed by atoms with Crippen LogP contribution in [0.2, 0.25) is 0 Å². The third kappa shape index (κ3) is 9.69. The zero-order valence-electron chi connectivity index (χ0n) is 19.6. The molecule has 13 heteroatoms. The van der Waals surface area contributed by atoms with Gasteiger partial charge in [0.1, 0.15) is 18.1 Å². The quantitative estimate of drug-likeness (QED) is 0.103. The lowest BCUT2D eigenvalue weighted by Crippen LogP contribution is -2.58. The molecule has 0 radical (unpaired) electrons. The second kappa shape index (κ2) is 15.3. The molecule has 0 aliphatic rings. The van der Waals surface area contributed by atoms with Gasteiger partial charge in [0.15, 0.2) is 0 Å². The van der Waals surface area contributed by atoms with E-state index >= 15 is 0 Å². The number of nitrogens with one attached hydrogen (secondary N) is 4. The van der Waals surface area contributed by atoms with Crippen LogP contribution in [0.25, 0.3) is 0 Å². The van der Waals surface area contributed by atoms with Crippen molar-refractivity contribution < 1.29 is 24.3 Å². The lowest BCUT2D eigenvalue weighted by molar-refractivity contribution is -0.143. The lowest BCUT2D eigenvalue weighted by atomic mass is 9.98. The maximum absolute atomic E-state index is 13.0. The van der Waals surface area contributed by atoms with Crippen LogP contribution in [0.4, 0.5) is 0 Å². The molecule has 1 rings (SSSR count). The molecule has 34 heavy (non-hydrogen) atoms. The molecule has 9 N–H and O–H groups in total. The van der Waals surface area contributed by atoms with Crippen LogP contribution in [0.15, 0.2) is 12.5 Å². The van der Waals surface area contributed by atoms with Crippen molar-refractivity contribution in [3.63, 3.8) is 0 Å². The molecule has 12 nitrogen and oxygen atoms in total. The summed E-state index contributed by atoms with van der Waals surface area (Å²) >= 11 is 4.14. The lowest BCUT2D eigenvalue weighted by Gasteiger charge is -2.26. The molecular formula is C21H37N7O5S. The van der Waals surface area contributed by atoms with E-state index in [1.807, 2.05) is 6.92 Å². The highest BCUT2D eigenvalue weighted by molar-refractivity contribution is 7.80. The number of thiol groups is 1. The van der Waals surface area contributed by atoms with Gasteiger partial charge < -0.3 is 37.5 Å². The molecule has 3 amide bonds. The molecule has 5 atom stereocenters. The number of nitrogens with two attached hydrogens (primary N) is 2. The molecule has 192 valence electrons. The van der Waals surface area contributed by atoms with E-state index in [0.717, 1.165) is 6.42 Å². The molecule has 5 unspecified atom stereocenters. The normalized spacial score (nSPS) is 15.4. The number of rotatable bonds is 16. The first-order valence-corrected chi connectivity index (χ1v) is 11.9. The summed E-state index contributed by atoms with van der Waals surface area (Å²) in [5, 5.41) is 17.2. The summed E-state index contributed by atoms with van der Waals surface area (Å²) in [6.07, 6.45) is 5.32. The molecule has 1 aromatic heterocycles. The van der Waals surface area contributed by atoms with Crippen LogP contribution >= 0.6 is 12.6 Å². The van der Waals surface area contributed by atoms with Gasteiger partial charge >= 0.3 is 5.97 Å². The van der Waals surface area contributed by atoms with E-state index in [2.05, 4.69) is 38.5 Å². The summed E-state index contributed by atoms with van der Waals surface area (Å²) in [5.41, 5.74) is 11.9. The monoisotopic (exact) mass is 499 g/mol. The van der Waals surface area contributed by atoms with Crippen LogP contribution in [0.1, 0.15) is 45.2 Å². The number of unbranched alkanes of at least 4 members (excludes halogenated alkanes) is 1. The number of imidazole rings is 1. The number of aliphatic carboxylic acids is 1. The average Bonchev–Trinajstić information content (AvgIpc) is 3.32. The van der Waals surface area contributed by atoms with Crippen LogP contribution in [0.3, 0.4) is 0 Å². The number of hydrogen-bond donors (Lipinski definition) is 8. The van der Waals surface area contributed by atoms with Gasteiger partial charge in [-0.15, -0.1) is 0 Å². The van der Waals surface area contributed by atoms with Crippen LogP contribution in [0.5, 0.6) is 0 Å². The van der Waals surface area contributed by atoms with E-state index in [4.69, 9.17) is 11.5 Å². The van der Waals surface area contributed by atoms with Gasteiger partial charge in [0.05, 0.1) is 12.4 Å². The van der Waals surface area contributed by atoms with Crippen LogP contribution in [-0.2, 0) is 25.6 Å². The first kappa shape index (κ1) is 29.4. The number of carboxylic acid groups (broad SMARTS) is 1. The minimum atomic E-state index is -1.17. The zero-order chi connectivity index (χ0) is 25.7. The van der Waals surface area contributed by atoms with Crippen molar-refractivity contribution in [1.82, 2.24) is 25.9 Å². The van der Waals surface area contributed by atoms with Gasteiger partial charge in [0.2, 0.25) is 17.7 Å². The molecule has 0 aliphatic heterocycles. The standard InChI is InChI=1S/C21H37N7O5S/c1-3-12(2)17(21(32)33)28-19(30)15(8-13-9-24-11-25-13)26-20(31)16(10-34)27-18(29)14(23)6-4-5-7-22/h9,11-12,14-17,34H,3-8,10,22-23H2,1-2H3,(H,24,25)(H,26,31)(H,27,29)(H,28,30)(H,32,33). The number of carbonyl (C=O) groups excluding carboxylic acids is 3. The molecular weight excluding hydrogens is 462 g/mol. The minimum absolute atomic E-state index is 0.0316. The van der Waals surface area contributed by atoms with Crippen molar-refractivity contribution in [2.45, 2.75) is 70.1 Å². The van der Waals surface area contributed by atoms with E-state index in [1.165, 1.54) is 12.5 Å². The van der Waals surface area contributed by atoms with Crippen molar-refractivity contribution in [3.05, 3.63) is 18.2 Å². The summed E-state index contributed by atoms with van der Waals surface area (Å²) < 4.78 is 0. The molecule has 0 aliphatic carbocycles. The molecule has 0 saturated heterocycles. The Morgan fingerprint density at radius 3 is 2.29 bits per heavy atom. The van der Waals surface area contributed by atoms with E-state index in [9.17, 15) is 24.3 Å². The van der Waals surface area contributed by atoms with Crippen molar-refractivity contribution >= 4 is 36.3 Å². The Labute approximate surface area is 204 Å². The number of aromatic nitrogens is 2. The Morgan fingerprint density at radius 1 is 1.12 bits per heavy atom. The fourth-order valence-electron chi connectivity index (χ4n) is 3.15. The SMILES string of the molecule is CCC(C)C(NC(=O)C(Cc1cnc[nH]1)NC(=O)C(CS)NC(=O)C(N)CCCCN)C(=O)O. The molecule has 1 aromatic rings. The van der Waals surface area contributed by atoms with Crippen LogP contribution in [0, 0.1) is 5.92 Å². The number of H-pyrrole nitrogens is 1. The second-order valence-electron chi connectivity index (χ2n) is 8.19. The van der Waals surface area contributed by atoms with Crippen LogP contribution < -0.4 is 27.4 Å². The maximum Gasteiger partial charge on any atom is 0.326 e. The second-order valence-corrected chi connectivity index (χ2v) is 8.55. The number of amides is 3. The molecule has 0 bridgehead atoms. The van der Waals surface area contributed by atoms with Gasteiger partial charge in [0, 0.05) is 24.1 Å². The zero-order valence-corrected chi connectivity index (χ0v) is 20.5. The highest BCUT2D eigenvalue weighted by Gasteiger charge is 2.32. The maximum atomic E-state index is 13.0. The number of aromatic amines is 1. The molecule has 1 heterocycles. The molecule has 0 fully saturated rings. The van der Waals surface area contributed by atoms with E-state index in [0.29, 0.717) is 31.5 Å². The largest absolute Gasteiger partial charge is 0.480 e. The molecule has 0 spiro atoms. The number of carbonyl (C=O) groups is 4. The summed E-state index contributed by atoms with van der Waals surface area (Å²) in [4.78, 5) is 56.6. The fourth-order valence-corrected chi connectivity index (χ4v) is 3.40. The van der Waals surface area contributed by atoms with E-state index in [-0.39, 0.29) is 18.1 Å². The molecule has 0 saturated carbocycles. The highest BCUT2D eigenvalue weighted by Crippen LogP contribution is 2.09. The van der Waals surface area contributed by atoms with E-state index in [1.54, 1.807) is 6.92 Å². The molecule has 0 aromatic carbocycles. The van der Waals surface area contributed by atoms with Crippen LogP contribution in [-0.4, -0.2) is 75.2 Å². The van der Waals surface area contributed by atoms with Gasteiger partial charge in [-0.3, -0.25) is 14.4 Å². The van der Waals surface area contributed by atoms with Crippen molar-refractivity contribution in [2.75, 3.05) is 12.3 Å². The third-order valence-electron chi connectivity index (χ3n) is 5.51. The summed E-state index contributed by atoms with van der Waals surface area (Å²) in [7, 11) is 0. The van der Waals surface area contributed by atoms with Crippen molar-refractivity contribution in [3.8, 4) is 0 Å². The summed E-state index contributed by atoms with van der Waals surface area (Å²) in [6.45, 7) is 4.03. The van der Waals surface area contributed by atoms with Crippen molar-refractivity contribution in [1.29, 1.82) is 0 Å². The third-order valence-corrected chi connectivity index (χ3v) is 5.88.